The summed E-state index contributed by atoms with van der Waals surface area (Å²) < 4.78 is 5.97. The zero-order chi connectivity index (χ0) is 21.5. The summed E-state index contributed by atoms with van der Waals surface area (Å²) in [5.41, 5.74) is 1.30. The Kier molecular flexibility index (Phi) is 6.47. The van der Waals surface area contributed by atoms with E-state index in [1.165, 1.54) is 6.07 Å². The molecule has 1 saturated heterocycles. The summed E-state index contributed by atoms with van der Waals surface area (Å²) in [7, 11) is 0. The van der Waals surface area contributed by atoms with Gasteiger partial charge in [0, 0.05) is 38.5 Å². The van der Waals surface area contributed by atoms with E-state index in [0.717, 1.165) is 24.2 Å². The van der Waals surface area contributed by atoms with E-state index < -0.39 is 0 Å². The predicted octanol–water partition coefficient (Wildman–Crippen LogP) is 3.42. The van der Waals surface area contributed by atoms with Gasteiger partial charge in [0.05, 0.1) is 0 Å². The third-order valence-corrected chi connectivity index (χ3v) is 5.13. The van der Waals surface area contributed by atoms with Crippen molar-refractivity contribution < 1.29 is 14.3 Å². The minimum Gasteiger partial charge on any atom is -0.490 e. The topological polar surface area (TPSA) is 99.3 Å². The predicted molar refractivity (Wildman–Crippen MR) is 117 cm³/mol. The summed E-state index contributed by atoms with van der Waals surface area (Å²) in [5, 5.41) is 12.3. The van der Waals surface area contributed by atoms with E-state index in [1.54, 1.807) is 4.90 Å². The van der Waals surface area contributed by atoms with Gasteiger partial charge >= 0.3 is 6.03 Å². The lowest BCUT2D eigenvalue weighted by Gasteiger charge is -2.32. The molecule has 8 heteroatoms. The van der Waals surface area contributed by atoms with Gasteiger partial charge in [-0.2, -0.15) is 5.10 Å². The molecule has 3 N–H and O–H groups in total. The van der Waals surface area contributed by atoms with Crippen LogP contribution in [0, 0.1) is 0 Å². The number of hydrogen-bond acceptors (Lipinski definition) is 4. The van der Waals surface area contributed by atoms with E-state index >= 15 is 0 Å². The van der Waals surface area contributed by atoms with Crippen LogP contribution >= 0.6 is 0 Å². The molecule has 3 aromatic rings. The second-order valence-corrected chi connectivity index (χ2v) is 7.38. The number of aromatic nitrogens is 2. The molecule has 1 aromatic heterocycles. The summed E-state index contributed by atoms with van der Waals surface area (Å²) in [5.74, 6) is 0.883. The number of anilines is 1. The summed E-state index contributed by atoms with van der Waals surface area (Å²) in [6.07, 6.45) is 1.61. The number of urea groups is 1. The van der Waals surface area contributed by atoms with Crippen LogP contribution in [-0.4, -0.2) is 46.2 Å². The number of aromatic amines is 1. The smallest absolute Gasteiger partial charge is 0.323 e. The van der Waals surface area contributed by atoms with Gasteiger partial charge in [-0.1, -0.05) is 48.5 Å². The summed E-state index contributed by atoms with van der Waals surface area (Å²) in [6, 6.07) is 20.6. The monoisotopic (exact) mass is 419 g/mol. The van der Waals surface area contributed by atoms with Crippen LogP contribution in [0.2, 0.25) is 0 Å². The van der Waals surface area contributed by atoms with Crippen molar-refractivity contribution in [3.63, 3.8) is 0 Å². The van der Waals surface area contributed by atoms with Crippen molar-refractivity contribution in [3.05, 3.63) is 78.0 Å². The first-order valence-electron chi connectivity index (χ1n) is 10.3. The van der Waals surface area contributed by atoms with Crippen LogP contribution in [-0.2, 0) is 6.54 Å². The van der Waals surface area contributed by atoms with E-state index in [1.807, 2.05) is 60.7 Å². The highest BCUT2D eigenvalue weighted by Gasteiger charge is 2.24. The molecule has 1 fully saturated rings. The third kappa shape index (κ3) is 5.63. The van der Waals surface area contributed by atoms with Gasteiger partial charge in [0.15, 0.2) is 5.82 Å². The first-order chi connectivity index (χ1) is 15.2. The van der Waals surface area contributed by atoms with Gasteiger partial charge < -0.3 is 15.0 Å². The van der Waals surface area contributed by atoms with Gasteiger partial charge in [-0.25, -0.2) is 4.79 Å². The minimum atomic E-state index is -0.282. The first kappa shape index (κ1) is 20.5. The molecule has 1 aliphatic heterocycles. The molecule has 0 aliphatic carbocycles. The molecule has 0 atom stereocenters. The van der Waals surface area contributed by atoms with E-state index in [4.69, 9.17) is 4.74 Å². The van der Waals surface area contributed by atoms with Gasteiger partial charge in [-0.05, 0) is 17.7 Å². The van der Waals surface area contributed by atoms with E-state index in [9.17, 15) is 9.59 Å². The second-order valence-electron chi connectivity index (χ2n) is 7.38. The zero-order valence-corrected chi connectivity index (χ0v) is 17.1. The number of para-hydroxylation sites is 1. The number of benzene rings is 2. The number of piperidine rings is 1. The Morgan fingerprint density at radius 3 is 2.42 bits per heavy atom. The first-order valence-corrected chi connectivity index (χ1v) is 10.3. The van der Waals surface area contributed by atoms with Crippen LogP contribution in [0.5, 0.6) is 5.75 Å². The number of carbonyl (C=O) groups is 2. The number of hydrogen-bond donors (Lipinski definition) is 3. The zero-order valence-electron chi connectivity index (χ0n) is 17.1. The molecule has 31 heavy (non-hydrogen) atoms. The molecule has 4 rings (SSSR count). The van der Waals surface area contributed by atoms with Gasteiger partial charge in [0.1, 0.15) is 17.5 Å². The largest absolute Gasteiger partial charge is 0.490 e. The average molecular weight is 419 g/mol. The SMILES string of the molecule is O=C(NCc1ccccc1)c1cc(NC(=O)N2CCC(Oc3ccccc3)CC2)n[nH]1. The standard InChI is InChI=1S/C23H25N5O3/c29-22(24-16-17-7-3-1-4-8-17)20-15-21(27-26-20)25-23(30)28-13-11-19(12-14-28)31-18-9-5-2-6-10-18/h1-10,15,19H,11-14,16H2,(H,24,29)(H2,25,26,27,30). The molecule has 8 nitrogen and oxygen atoms in total. The van der Waals surface area contributed by atoms with Gasteiger partial charge in [0.25, 0.3) is 5.91 Å². The highest BCUT2D eigenvalue weighted by molar-refractivity contribution is 5.94. The van der Waals surface area contributed by atoms with Crippen molar-refractivity contribution in [2.24, 2.45) is 0 Å². The van der Waals surface area contributed by atoms with Gasteiger partial charge in [-0.15, -0.1) is 0 Å². The number of amides is 3. The van der Waals surface area contributed by atoms with Crippen molar-refractivity contribution in [1.29, 1.82) is 0 Å². The molecule has 2 aromatic carbocycles. The van der Waals surface area contributed by atoms with Crippen molar-refractivity contribution in [2.45, 2.75) is 25.5 Å². The number of likely N-dealkylation sites (tertiary alicyclic amines) is 1. The van der Waals surface area contributed by atoms with Crippen LogP contribution in [0.15, 0.2) is 66.7 Å². The van der Waals surface area contributed by atoms with Crippen molar-refractivity contribution in [1.82, 2.24) is 20.4 Å². The molecule has 3 amide bonds. The Morgan fingerprint density at radius 1 is 1.03 bits per heavy atom. The van der Waals surface area contributed by atoms with Crippen LogP contribution in [0.3, 0.4) is 0 Å². The Balaban J connectivity index is 1.23. The summed E-state index contributed by atoms with van der Waals surface area (Å²) in [4.78, 5) is 26.6. The molecule has 2 heterocycles. The molecule has 0 unspecified atom stereocenters. The lowest BCUT2D eigenvalue weighted by Crippen LogP contribution is -2.43. The van der Waals surface area contributed by atoms with Crippen LogP contribution in [0.4, 0.5) is 10.6 Å². The molecule has 160 valence electrons. The lowest BCUT2D eigenvalue weighted by atomic mass is 10.1. The maximum Gasteiger partial charge on any atom is 0.323 e. The molecule has 1 aliphatic rings. The van der Waals surface area contributed by atoms with Crippen LogP contribution < -0.4 is 15.4 Å². The Morgan fingerprint density at radius 2 is 1.71 bits per heavy atom. The van der Waals surface area contributed by atoms with Gasteiger partial charge in [-0.3, -0.25) is 15.2 Å². The van der Waals surface area contributed by atoms with Crippen molar-refractivity contribution in [2.75, 3.05) is 18.4 Å². The average Bonchev–Trinajstić information content (AvgIpc) is 3.28. The maximum absolute atomic E-state index is 12.5. The number of ether oxygens (including phenoxy) is 1. The minimum absolute atomic E-state index is 0.0942. The number of carbonyl (C=O) groups excluding carboxylic acids is 2. The fraction of sp³-hybridized carbons (Fsp3) is 0.261. The quantitative estimate of drug-likeness (QED) is 0.570. The van der Waals surface area contributed by atoms with E-state index in [0.29, 0.717) is 31.1 Å². The molecule has 0 radical (unpaired) electrons. The number of rotatable bonds is 6. The van der Waals surface area contributed by atoms with Crippen LogP contribution in [0.1, 0.15) is 28.9 Å². The lowest BCUT2D eigenvalue weighted by molar-refractivity contribution is 0.0945. The number of H-pyrrole nitrogens is 1. The van der Waals surface area contributed by atoms with Gasteiger partial charge in [0.2, 0.25) is 0 Å². The Bertz CT molecular complexity index is 998. The molecular weight excluding hydrogens is 394 g/mol. The number of nitrogens with one attached hydrogen (secondary N) is 3. The molecular formula is C23H25N5O3. The fourth-order valence-corrected chi connectivity index (χ4v) is 3.43. The van der Waals surface area contributed by atoms with Crippen molar-refractivity contribution in [3.8, 4) is 5.75 Å². The second kappa shape index (κ2) is 9.80. The normalized spacial score (nSPS) is 14.1. The van der Waals surface area contributed by atoms with E-state index in [-0.39, 0.29) is 18.0 Å². The van der Waals surface area contributed by atoms with Crippen LogP contribution in [0.25, 0.3) is 0 Å². The number of nitrogens with zero attached hydrogens (tertiary/aromatic N) is 2. The molecule has 0 bridgehead atoms. The van der Waals surface area contributed by atoms with Crippen molar-refractivity contribution >= 4 is 17.8 Å². The Labute approximate surface area is 180 Å². The molecule has 0 saturated carbocycles. The molecule has 0 spiro atoms. The fourth-order valence-electron chi connectivity index (χ4n) is 3.43. The summed E-state index contributed by atoms with van der Waals surface area (Å²) in [6.45, 7) is 1.61. The highest BCUT2D eigenvalue weighted by atomic mass is 16.5. The highest BCUT2D eigenvalue weighted by Crippen LogP contribution is 2.19. The maximum atomic E-state index is 12.5. The van der Waals surface area contributed by atoms with E-state index in [2.05, 4.69) is 20.8 Å². The Hall–Kier alpha value is -3.81. The third-order valence-electron chi connectivity index (χ3n) is 5.13. The summed E-state index contributed by atoms with van der Waals surface area (Å²) >= 11 is 0.